The van der Waals surface area contributed by atoms with Gasteiger partial charge in [0.2, 0.25) is 0 Å². The molecule has 0 aliphatic heterocycles. The van der Waals surface area contributed by atoms with E-state index >= 15 is 0 Å². The van der Waals surface area contributed by atoms with Crippen LogP contribution in [0.2, 0.25) is 0 Å². The van der Waals surface area contributed by atoms with E-state index < -0.39 is 42.2 Å². The summed E-state index contributed by atoms with van der Waals surface area (Å²) >= 11 is 0. The maximum atomic E-state index is 13.9. The lowest BCUT2D eigenvalue weighted by Crippen LogP contribution is -2.42. The molecule has 0 amide bonds. The highest BCUT2D eigenvalue weighted by Crippen LogP contribution is 2.16. The van der Waals surface area contributed by atoms with Gasteiger partial charge in [-0.05, 0) is 50.0 Å². The SMILES string of the molecule is CN(C)CCN(Cc1ccncc1)Cc1cc(F)ccc1F.O=C(O)CC(O)(CC(=O)O)C(=O)O. The van der Waals surface area contributed by atoms with E-state index in [1.165, 1.54) is 12.1 Å². The first-order chi connectivity index (χ1) is 16.3. The molecule has 0 saturated carbocycles. The van der Waals surface area contributed by atoms with Crippen LogP contribution in [0.5, 0.6) is 0 Å². The van der Waals surface area contributed by atoms with E-state index in [4.69, 9.17) is 20.4 Å². The van der Waals surface area contributed by atoms with E-state index in [1.807, 2.05) is 26.2 Å². The number of aliphatic hydroxyl groups is 1. The van der Waals surface area contributed by atoms with Gasteiger partial charge in [-0.3, -0.25) is 19.5 Å². The van der Waals surface area contributed by atoms with Crippen molar-refractivity contribution >= 4 is 17.9 Å². The fourth-order valence-corrected chi connectivity index (χ4v) is 2.92. The Labute approximate surface area is 201 Å². The second-order valence-corrected chi connectivity index (χ2v) is 8.08. The van der Waals surface area contributed by atoms with Crippen LogP contribution < -0.4 is 0 Å². The highest BCUT2D eigenvalue weighted by molar-refractivity contribution is 5.88. The molecule has 0 spiro atoms. The zero-order valence-corrected chi connectivity index (χ0v) is 19.4. The van der Waals surface area contributed by atoms with Gasteiger partial charge in [-0.2, -0.15) is 0 Å². The summed E-state index contributed by atoms with van der Waals surface area (Å²) in [5.74, 6) is -5.80. The summed E-state index contributed by atoms with van der Waals surface area (Å²) in [6, 6.07) is 7.47. The molecule has 0 unspecified atom stereocenters. The maximum Gasteiger partial charge on any atom is 0.336 e. The number of carboxylic acids is 3. The number of rotatable bonds is 12. The second-order valence-electron chi connectivity index (χ2n) is 8.08. The van der Waals surface area contributed by atoms with Gasteiger partial charge in [0.05, 0.1) is 12.8 Å². The van der Waals surface area contributed by atoms with Gasteiger partial charge >= 0.3 is 17.9 Å². The molecule has 10 nitrogen and oxygen atoms in total. The third-order valence-electron chi connectivity index (χ3n) is 4.71. The first kappa shape index (κ1) is 29.6. The number of hydrogen-bond donors (Lipinski definition) is 4. The quantitative estimate of drug-likeness (QED) is 0.341. The molecular formula is C23H29F2N3O7. The van der Waals surface area contributed by atoms with Crippen molar-refractivity contribution in [2.75, 3.05) is 27.2 Å². The van der Waals surface area contributed by atoms with Crippen molar-refractivity contribution < 1.29 is 43.6 Å². The van der Waals surface area contributed by atoms with E-state index in [9.17, 15) is 23.2 Å². The highest BCUT2D eigenvalue weighted by atomic mass is 19.1. The minimum atomic E-state index is -2.74. The van der Waals surface area contributed by atoms with Crippen molar-refractivity contribution in [3.05, 3.63) is 65.5 Å². The molecule has 0 aliphatic rings. The Bertz CT molecular complexity index is 974. The molecule has 4 N–H and O–H groups in total. The van der Waals surface area contributed by atoms with Crippen LogP contribution in [0.4, 0.5) is 8.78 Å². The smallest absolute Gasteiger partial charge is 0.336 e. The van der Waals surface area contributed by atoms with Crippen molar-refractivity contribution in [1.29, 1.82) is 0 Å². The van der Waals surface area contributed by atoms with E-state index in [0.717, 1.165) is 24.7 Å². The summed E-state index contributed by atoms with van der Waals surface area (Å²) in [6.07, 6.45) is 1.19. The molecule has 35 heavy (non-hydrogen) atoms. The standard InChI is InChI=1S/C17H21F2N3.C6H8O7/c1-21(2)9-10-22(12-14-5-7-20-8-6-14)13-15-11-16(18)3-4-17(15)19;7-3(8)1-6(13,5(11)12)2-4(9)10/h3-8,11H,9-10,12-13H2,1-2H3;13H,1-2H2,(H,7,8)(H,9,10)(H,11,12). The number of nitrogens with zero attached hydrogens (tertiary/aromatic N) is 3. The molecule has 1 aromatic heterocycles. The molecule has 0 saturated heterocycles. The molecule has 192 valence electrons. The number of likely N-dealkylation sites (N-methyl/N-ethyl adjacent to an activating group) is 1. The molecule has 0 aliphatic carbocycles. The molecule has 2 rings (SSSR count). The Morgan fingerprint density at radius 3 is 1.97 bits per heavy atom. The van der Waals surface area contributed by atoms with Gasteiger partial charge < -0.3 is 25.3 Å². The molecular weight excluding hydrogens is 468 g/mol. The first-order valence-corrected chi connectivity index (χ1v) is 10.4. The van der Waals surface area contributed by atoms with E-state index in [-0.39, 0.29) is 5.82 Å². The topological polar surface area (TPSA) is 152 Å². The van der Waals surface area contributed by atoms with Crippen LogP contribution in [0.25, 0.3) is 0 Å². The Balaban J connectivity index is 0.000000405. The number of aromatic nitrogens is 1. The molecule has 0 fully saturated rings. The monoisotopic (exact) mass is 497 g/mol. The molecule has 0 atom stereocenters. The summed E-state index contributed by atoms with van der Waals surface area (Å²) in [4.78, 5) is 38.7. The summed E-state index contributed by atoms with van der Waals surface area (Å²) in [5.41, 5.74) is -1.25. The van der Waals surface area contributed by atoms with Crippen LogP contribution in [-0.4, -0.2) is 85.9 Å². The number of benzene rings is 1. The van der Waals surface area contributed by atoms with Gasteiger partial charge in [-0.25, -0.2) is 13.6 Å². The van der Waals surface area contributed by atoms with Crippen LogP contribution in [0.15, 0.2) is 42.7 Å². The van der Waals surface area contributed by atoms with Crippen molar-refractivity contribution in [1.82, 2.24) is 14.8 Å². The Kier molecular flexibility index (Phi) is 11.9. The zero-order valence-electron chi connectivity index (χ0n) is 19.4. The number of aliphatic carboxylic acids is 3. The van der Waals surface area contributed by atoms with Crippen molar-refractivity contribution in [2.24, 2.45) is 0 Å². The van der Waals surface area contributed by atoms with Crippen molar-refractivity contribution in [3.8, 4) is 0 Å². The number of pyridine rings is 1. The van der Waals surface area contributed by atoms with E-state index in [0.29, 0.717) is 18.7 Å². The van der Waals surface area contributed by atoms with Crippen molar-refractivity contribution in [2.45, 2.75) is 31.5 Å². The van der Waals surface area contributed by atoms with Crippen LogP contribution >= 0.6 is 0 Å². The van der Waals surface area contributed by atoms with Gasteiger partial charge in [0, 0.05) is 44.1 Å². The van der Waals surface area contributed by atoms with Crippen molar-refractivity contribution in [3.63, 3.8) is 0 Å². The third kappa shape index (κ3) is 11.5. The van der Waals surface area contributed by atoms with Gasteiger partial charge in [-0.15, -0.1) is 0 Å². The maximum absolute atomic E-state index is 13.9. The molecule has 0 bridgehead atoms. The molecule has 12 heteroatoms. The summed E-state index contributed by atoms with van der Waals surface area (Å²) in [7, 11) is 3.99. The minimum Gasteiger partial charge on any atom is -0.481 e. The fourth-order valence-electron chi connectivity index (χ4n) is 2.92. The third-order valence-corrected chi connectivity index (χ3v) is 4.71. The Morgan fingerprint density at radius 1 is 0.914 bits per heavy atom. The zero-order chi connectivity index (χ0) is 26.6. The molecule has 1 heterocycles. The Hall–Kier alpha value is -3.48. The summed E-state index contributed by atoms with van der Waals surface area (Å²) in [5, 5.41) is 33.8. The lowest BCUT2D eigenvalue weighted by molar-refractivity contribution is -0.170. The number of carboxylic acid groups (broad SMARTS) is 3. The lowest BCUT2D eigenvalue weighted by Gasteiger charge is -2.24. The van der Waals surface area contributed by atoms with Crippen LogP contribution in [0.3, 0.4) is 0 Å². The largest absolute Gasteiger partial charge is 0.481 e. The average molecular weight is 497 g/mol. The van der Waals surface area contributed by atoms with E-state index in [2.05, 4.69) is 14.8 Å². The number of halogens is 2. The average Bonchev–Trinajstić information content (AvgIpc) is 2.74. The lowest BCUT2D eigenvalue weighted by atomic mass is 9.96. The number of carbonyl (C=O) groups is 3. The molecule has 1 aromatic carbocycles. The van der Waals surface area contributed by atoms with Gasteiger partial charge in [-0.1, -0.05) is 0 Å². The summed E-state index contributed by atoms with van der Waals surface area (Å²) < 4.78 is 27.2. The Morgan fingerprint density at radius 2 is 1.49 bits per heavy atom. The predicted octanol–water partition coefficient (Wildman–Crippen LogP) is 1.68. The predicted molar refractivity (Wildman–Crippen MR) is 120 cm³/mol. The highest BCUT2D eigenvalue weighted by Gasteiger charge is 2.40. The van der Waals surface area contributed by atoms with Gasteiger partial charge in [0.25, 0.3) is 0 Å². The second kappa shape index (κ2) is 14.0. The fraction of sp³-hybridized carbons (Fsp3) is 0.391. The van der Waals surface area contributed by atoms with E-state index in [1.54, 1.807) is 12.4 Å². The summed E-state index contributed by atoms with van der Waals surface area (Å²) in [6.45, 7) is 2.67. The minimum absolute atomic E-state index is 0.369. The molecule has 2 aromatic rings. The van der Waals surface area contributed by atoms with Crippen LogP contribution in [0, 0.1) is 11.6 Å². The normalized spacial score (nSPS) is 11.2. The van der Waals surface area contributed by atoms with Gasteiger partial charge in [0.1, 0.15) is 11.6 Å². The first-order valence-electron chi connectivity index (χ1n) is 10.4. The van der Waals surface area contributed by atoms with Crippen LogP contribution in [0.1, 0.15) is 24.0 Å². The van der Waals surface area contributed by atoms with Crippen LogP contribution in [-0.2, 0) is 27.5 Å². The molecule has 0 radical (unpaired) electrons. The van der Waals surface area contributed by atoms with Gasteiger partial charge in [0.15, 0.2) is 5.60 Å². The number of hydrogen-bond acceptors (Lipinski definition) is 7.